The van der Waals surface area contributed by atoms with E-state index in [9.17, 15) is 8.78 Å². The van der Waals surface area contributed by atoms with Gasteiger partial charge in [-0.1, -0.05) is 6.08 Å². The molecule has 1 aliphatic rings. The molecule has 0 fully saturated rings. The maximum absolute atomic E-state index is 12.0. The lowest BCUT2D eigenvalue weighted by molar-refractivity contribution is 0.183. The van der Waals surface area contributed by atoms with Gasteiger partial charge in [0.25, 0.3) is 6.43 Å². The van der Waals surface area contributed by atoms with Gasteiger partial charge in [-0.25, -0.2) is 8.78 Å². The molecule has 0 bridgehead atoms. The lowest BCUT2D eigenvalue weighted by Gasteiger charge is -2.15. The summed E-state index contributed by atoms with van der Waals surface area (Å²) in [6.45, 7) is 0. The van der Waals surface area contributed by atoms with Gasteiger partial charge in [0, 0.05) is 5.38 Å². The van der Waals surface area contributed by atoms with E-state index in [4.69, 9.17) is 11.6 Å². The maximum Gasteiger partial charge on any atom is 0.259 e. The fourth-order valence-corrected chi connectivity index (χ4v) is 1.22. The van der Waals surface area contributed by atoms with Gasteiger partial charge in [0.05, 0.1) is 0 Å². The second-order valence-electron chi connectivity index (χ2n) is 2.27. The Kier molecular flexibility index (Phi) is 2.66. The molecule has 0 aromatic rings. The van der Waals surface area contributed by atoms with Gasteiger partial charge >= 0.3 is 0 Å². The summed E-state index contributed by atoms with van der Waals surface area (Å²) in [5.74, 6) is 0. The smallest absolute Gasteiger partial charge is 0.205 e. The minimum atomic E-state index is -2.32. The van der Waals surface area contributed by atoms with Crippen LogP contribution < -0.4 is 0 Å². The van der Waals surface area contributed by atoms with Gasteiger partial charge in [-0.05, 0) is 24.8 Å². The van der Waals surface area contributed by atoms with Crippen molar-refractivity contribution in [2.24, 2.45) is 0 Å². The molecule has 1 rings (SSSR count). The number of hydrogen-bond acceptors (Lipinski definition) is 0. The molecule has 3 heteroatoms. The largest absolute Gasteiger partial charge is 0.259 e. The molecule has 1 aliphatic carbocycles. The van der Waals surface area contributed by atoms with Gasteiger partial charge in [-0.15, -0.1) is 11.6 Å². The summed E-state index contributed by atoms with van der Waals surface area (Å²) in [4.78, 5) is 0. The molecule has 0 N–H and O–H groups in total. The van der Waals surface area contributed by atoms with Crippen LogP contribution in [-0.2, 0) is 0 Å². The van der Waals surface area contributed by atoms with Crippen molar-refractivity contribution in [3.63, 3.8) is 0 Å². The van der Waals surface area contributed by atoms with Crippen molar-refractivity contribution in [1.82, 2.24) is 0 Å². The van der Waals surface area contributed by atoms with Crippen LogP contribution in [-0.4, -0.2) is 11.8 Å². The monoisotopic (exact) mass is 165 g/mol. The van der Waals surface area contributed by atoms with Gasteiger partial charge in [-0.3, -0.25) is 0 Å². The Morgan fingerprint density at radius 2 is 2.30 bits per heavy atom. The molecule has 1 radical (unpaired) electrons. The van der Waals surface area contributed by atoms with Crippen molar-refractivity contribution >= 4 is 11.6 Å². The van der Waals surface area contributed by atoms with Crippen LogP contribution in [0.5, 0.6) is 0 Å². The Hall–Kier alpha value is -0.110. The van der Waals surface area contributed by atoms with Crippen molar-refractivity contribution in [2.45, 2.75) is 24.6 Å². The summed E-state index contributed by atoms with van der Waals surface area (Å²) < 4.78 is 23.9. The molecule has 0 aromatic heterocycles. The zero-order valence-electron chi connectivity index (χ0n) is 5.36. The number of hydrogen-bond donors (Lipinski definition) is 0. The SMILES string of the molecule is FC(F)C1=CC[CH]C(Cl)C1. The lowest BCUT2D eigenvalue weighted by Crippen LogP contribution is -2.10. The number of halogens is 3. The Morgan fingerprint density at radius 3 is 2.70 bits per heavy atom. The van der Waals surface area contributed by atoms with E-state index in [0.29, 0.717) is 12.8 Å². The predicted molar refractivity (Wildman–Crippen MR) is 37.3 cm³/mol. The molecule has 57 valence electrons. The zero-order chi connectivity index (χ0) is 7.56. The first-order valence-corrected chi connectivity index (χ1v) is 3.58. The minimum Gasteiger partial charge on any atom is -0.205 e. The molecular formula is C7H8ClF2. The van der Waals surface area contributed by atoms with E-state index in [1.54, 1.807) is 6.08 Å². The Morgan fingerprint density at radius 1 is 1.60 bits per heavy atom. The third-order valence-electron chi connectivity index (χ3n) is 1.48. The van der Waals surface area contributed by atoms with E-state index in [1.807, 2.05) is 6.42 Å². The van der Waals surface area contributed by atoms with Crippen molar-refractivity contribution in [3.8, 4) is 0 Å². The first-order valence-electron chi connectivity index (χ1n) is 3.14. The first-order chi connectivity index (χ1) is 4.70. The van der Waals surface area contributed by atoms with E-state index in [2.05, 4.69) is 0 Å². The highest BCUT2D eigenvalue weighted by atomic mass is 35.5. The van der Waals surface area contributed by atoms with E-state index in [-0.39, 0.29) is 11.0 Å². The molecule has 0 aliphatic heterocycles. The Labute approximate surface area is 63.9 Å². The average Bonchev–Trinajstić information content (AvgIpc) is 1.88. The fourth-order valence-electron chi connectivity index (χ4n) is 0.937. The van der Waals surface area contributed by atoms with Crippen LogP contribution in [0.25, 0.3) is 0 Å². The van der Waals surface area contributed by atoms with Crippen molar-refractivity contribution in [2.75, 3.05) is 0 Å². The highest BCUT2D eigenvalue weighted by Gasteiger charge is 2.18. The Balaban J connectivity index is 2.51. The van der Waals surface area contributed by atoms with Crippen molar-refractivity contribution in [3.05, 3.63) is 18.1 Å². The third-order valence-corrected chi connectivity index (χ3v) is 1.82. The molecular weight excluding hydrogens is 158 g/mol. The van der Waals surface area contributed by atoms with Crippen LogP contribution >= 0.6 is 11.6 Å². The standard InChI is InChI=1S/C7H8ClF2/c8-6-3-1-2-5(4-6)7(9)10/h2-3,6-7H,1,4H2. The highest BCUT2D eigenvalue weighted by molar-refractivity contribution is 6.21. The first kappa shape index (κ1) is 7.99. The number of allylic oxidation sites excluding steroid dienone is 2. The average molecular weight is 166 g/mol. The summed E-state index contributed by atoms with van der Waals surface area (Å²) in [6, 6.07) is 0. The Bertz CT molecular complexity index is 143. The summed E-state index contributed by atoms with van der Waals surface area (Å²) in [7, 11) is 0. The van der Waals surface area contributed by atoms with Gasteiger partial charge in [0.2, 0.25) is 0 Å². The van der Waals surface area contributed by atoms with Gasteiger partial charge in [0.15, 0.2) is 0 Å². The highest BCUT2D eigenvalue weighted by Crippen LogP contribution is 2.25. The van der Waals surface area contributed by atoms with Crippen LogP contribution in [0.1, 0.15) is 12.8 Å². The summed E-state index contributed by atoms with van der Waals surface area (Å²) in [5, 5.41) is -0.200. The normalized spacial score (nSPS) is 26.8. The molecule has 1 unspecified atom stereocenters. The van der Waals surface area contributed by atoms with Crippen LogP contribution in [0.2, 0.25) is 0 Å². The van der Waals surface area contributed by atoms with Crippen molar-refractivity contribution in [1.29, 1.82) is 0 Å². The van der Waals surface area contributed by atoms with Crippen LogP contribution in [0.4, 0.5) is 8.78 Å². The minimum absolute atomic E-state index is 0.183. The fraction of sp³-hybridized carbons (Fsp3) is 0.571. The number of alkyl halides is 3. The summed E-state index contributed by atoms with van der Waals surface area (Å²) >= 11 is 5.63. The molecule has 0 nitrogen and oxygen atoms in total. The van der Waals surface area contributed by atoms with Gasteiger partial charge in [-0.2, -0.15) is 0 Å². The molecule has 1 atom stereocenters. The third kappa shape index (κ3) is 1.94. The maximum atomic E-state index is 12.0. The van der Waals surface area contributed by atoms with E-state index in [1.165, 1.54) is 0 Å². The summed E-state index contributed by atoms with van der Waals surface area (Å²) in [6.07, 6.45) is 1.93. The van der Waals surface area contributed by atoms with E-state index < -0.39 is 6.43 Å². The predicted octanol–water partition coefficient (Wildman–Crippen LogP) is 2.78. The second-order valence-corrected chi connectivity index (χ2v) is 2.83. The molecule has 0 aromatic carbocycles. The molecule has 0 heterocycles. The number of rotatable bonds is 1. The lowest BCUT2D eigenvalue weighted by atomic mass is 10.00. The van der Waals surface area contributed by atoms with Crippen molar-refractivity contribution < 1.29 is 8.78 Å². The van der Waals surface area contributed by atoms with Crippen LogP contribution in [0.15, 0.2) is 11.6 Å². The molecule has 0 saturated carbocycles. The van der Waals surface area contributed by atoms with E-state index >= 15 is 0 Å². The van der Waals surface area contributed by atoms with Gasteiger partial charge in [0.1, 0.15) is 0 Å². The molecule has 0 amide bonds. The van der Waals surface area contributed by atoms with E-state index in [0.717, 1.165) is 0 Å². The van der Waals surface area contributed by atoms with Gasteiger partial charge < -0.3 is 0 Å². The summed E-state index contributed by atoms with van der Waals surface area (Å²) in [5.41, 5.74) is 0.183. The van der Waals surface area contributed by atoms with Crippen LogP contribution in [0, 0.1) is 6.42 Å². The molecule has 10 heavy (non-hydrogen) atoms. The zero-order valence-corrected chi connectivity index (χ0v) is 6.11. The molecule has 0 saturated heterocycles. The topological polar surface area (TPSA) is 0 Å². The molecule has 0 spiro atoms. The van der Waals surface area contributed by atoms with Crippen LogP contribution in [0.3, 0.4) is 0 Å². The quantitative estimate of drug-likeness (QED) is 0.414. The second kappa shape index (κ2) is 3.33.